The second-order valence-corrected chi connectivity index (χ2v) is 7.00. The van der Waals surface area contributed by atoms with Gasteiger partial charge < -0.3 is 10.0 Å². The summed E-state index contributed by atoms with van der Waals surface area (Å²) in [5.74, 6) is -0.236. The summed E-state index contributed by atoms with van der Waals surface area (Å²) < 4.78 is 13.3. The van der Waals surface area contributed by atoms with Gasteiger partial charge in [0.05, 0.1) is 17.7 Å². The molecule has 1 aromatic carbocycles. The van der Waals surface area contributed by atoms with E-state index < -0.39 is 5.60 Å². The number of carbonyl (C=O) groups excluding carboxylic acids is 1. The van der Waals surface area contributed by atoms with Gasteiger partial charge in [0, 0.05) is 30.8 Å². The monoisotopic (exact) mass is 345 g/mol. The van der Waals surface area contributed by atoms with E-state index in [-0.39, 0.29) is 11.7 Å². The first-order valence-corrected chi connectivity index (χ1v) is 8.61. The molecule has 0 bridgehead atoms. The minimum Gasteiger partial charge on any atom is -0.389 e. The topological polar surface area (TPSA) is 69.2 Å². The summed E-state index contributed by atoms with van der Waals surface area (Å²) in [5.41, 5.74) is 2.62. The fourth-order valence-electron chi connectivity index (χ4n) is 3.47. The van der Waals surface area contributed by atoms with Crippen molar-refractivity contribution in [3.05, 3.63) is 52.6 Å². The molecule has 1 saturated heterocycles. The second kappa shape index (κ2) is 6.96. The first-order chi connectivity index (χ1) is 11.9. The number of benzene rings is 1. The quantitative estimate of drug-likeness (QED) is 0.893. The standard InChI is InChI=1S/C19H24FN3O2/c1-13-17(14(2)22-21-13)11-18(24)23-8-6-19(25,7-9-23)12-15-4-3-5-16(20)10-15/h3-5,10,25H,6-9,11-12H2,1-2H3,(H,21,22). The van der Waals surface area contributed by atoms with Gasteiger partial charge in [0.15, 0.2) is 0 Å². The smallest absolute Gasteiger partial charge is 0.227 e. The van der Waals surface area contributed by atoms with Crippen molar-refractivity contribution in [2.45, 2.75) is 45.1 Å². The molecule has 2 aromatic rings. The Balaban J connectivity index is 1.58. The number of aliphatic hydroxyl groups is 1. The van der Waals surface area contributed by atoms with Crippen LogP contribution < -0.4 is 0 Å². The number of aryl methyl sites for hydroxylation is 2. The number of H-pyrrole nitrogens is 1. The predicted molar refractivity (Wildman–Crippen MR) is 92.6 cm³/mol. The molecule has 2 heterocycles. The Kier molecular flexibility index (Phi) is 4.90. The molecule has 3 rings (SSSR count). The van der Waals surface area contributed by atoms with Crippen LogP contribution >= 0.6 is 0 Å². The van der Waals surface area contributed by atoms with E-state index in [0.29, 0.717) is 38.8 Å². The van der Waals surface area contributed by atoms with Crippen LogP contribution in [-0.4, -0.2) is 44.8 Å². The molecule has 0 radical (unpaired) electrons. The number of aromatic nitrogens is 2. The minimum absolute atomic E-state index is 0.0559. The van der Waals surface area contributed by atoms with Gasteiger partial charge in [-0.1, -0.05) is 12.1 Å². The van der Waals surface area contributed by atoms with Crippen molar-refractivity contribution in [1.29, 1.82) is 0 Å². The highest BCUT2D eigenvalue weighted by Crippen LogP contribution is 2.27. The summed E-state index contributed by atoms with van der Waals surface area (Å²) in [4.78, 5) is 14.3. The van der Waals surface area contributed by atoms with Gasteiger partial charge in [-0.05, 0) is 44.4 Å². The fourth-order valence-corrected chi connectivity index (χ4v) is 3.47. The number of hydrogen-bond donors (Lipinski definition) is 2. The van der Waals surface area contributed by atoms with E-state index in [0.717, 1.165) is 22.5 Å². The highest BCUT2D eigenvalue weighted by molar-refractivity contribution is 5.79. The lowest BCUT2D eigenvalue weighted by Gasteiger charge is -2.38. The Morgan fingerprint density at radius 1 is 1.36 bits per heavy atom. The van der Waals surface area contributed by atoms with Crippen LogP contribution in [0.1, 0.15) is 35.4 Å². The number of aromatic amines is 1. The highest BCUT2D eigenvalue weighted by atomic mass is 19.1. The van der Waals surface area contributed by atoms with E-state index in [2.05, 4.69) is 10.2 Å². The van der Waals surface area contributed by atoms with Gasteiger partial charge >= 0.3 is 0 Å². The molecule has 0 atom stereocenters. The molecule has 1 fully saturated rings. The zero-order valence-electron chi connectivity index (χ0n) is 14.7. The van der Waals surface area contributed by atoms with E-state index in [9.17, 15) is 14.3 Å². The summed E-state index contributed by atoms with van der Waals surface area (Å²) in [6, 6.07) is 6.33. The Bertz CT molecular complexity index is 744. The zero-order chi connectivity index (χ0) is 18.0. The first kappa shape index (κ1) is 17.6. The third-order valence-corrected chi connectivity index (χ3v) is 5.08. The fraction of sp³-hybridized carbons (Fsp3) is 0.474. The van der Waals surface area contributed by atoms with Crippen LogP contribution in [0.5, 0.6) is 0 Å². The molecule has 5 nitrogen and oxygen atoms in total. The number of nitrogens with one attached hydrogen (secondary N) is 1. The summed E-state index contributed by atoms with van der Waals surface area (Å²) in [6.07, 6.45) is 1.74. The van der Waals surface area contributed by atoms with Crippen LogP contribution in [0, 0.1) is 19.7 Å². The number of rotatable bonds is 4. The predicted octanol–water partition coefficient (Wildman–Crippen LogP) is 2.30. The Hall–Kier alpha value is -2.21. The molecule has 0 unspecified atom stereocenters. The third kappa shape index (κ3) is 4.07. The van der Waals surface area contributed by atoms with Gasteiger partial charge in [-0.15, -0.1) is 0 Å². The average Bonchev–Trinajstić information content (AvgIpc) is 2.87. The van der Waals surface area contributed by atoms with Gasteiger partial charge in [0.1, 0.15) is 5.82 Å². The van der Waals surface area contributed by atoms with Crippen molar-refractivity contribution in [3.63, 3.8) is 0 Å². The van der Waals surface area contributed by atoms with E-state index in [1.54, 1.807) is 11.0 Å². The number of nitrogens with zero attached hydrogens (tertiary/aromatic N) is 2. The first-order valence-electron chi connectivity index (χ1n) is 8.61. The maximum atomic E-state index is 13.3. The summed E-state index contributed by atoms with van der Waals surface area (Å²) in [6.45, 7) is 4.83. The van der Waals surface area contributed by atoms with Crippen LogP contribution in [0.4, 0.5) is 4.39 Å². The van der Waals surface area contributed by atoms with Crippen LogP contribution in [0.3, 0.4) is 0 Å². The van der Waals surface area contributed by atoms with Crippen molar-refractivity contribution in [3.8, 4) is 0 Å². The lowest BCUT2D eigenvalue weighted by molar-refractivity contribution is -0.134. The van der Waals surface area contributed by atoms with Gasteiger partial charge in [0.2, 0.25) is 5.91 Å². The Labute approximate surface area is 146 Å². The van der Waals surface area contributed by atoms with Crippen molar-refractivity contribution in [1.82, 2.24) is 15.1 Å². The second-order valence-electron chi connectivity index (χ2n) is 7.00. The van der Waals surface area contributed by atoms with Crippen LogP contribution in [0.2, 0.25) is 0 Å². The molecular weight excluding hydrogens is 321 g/mol. The molecule has 1 aliphatic heterocycles. The molecule has 0 spiro atoms. The molecular formula is C19H24FN3O2. The molecule has 134 valence electrons. The van der Waals surface area contributed by atoms with E-state index in [4.69, 9.17) is 0 Å². The average molecular weight is 345 g/mol. The number of hydrogen-bond acceptors (Lipinski definition) is 3. The number of likely N-dealkylation sites (tertiary alicyclic amines) is 1. The normalized spacial score (nSPS) is 16.9. The summed E-state index contributed by atoms with van der Waals surface area (Å²) in [7, 11) is 0. The van der Waals surface area contributed by atoms with Crippen molar-refractivity contribution in [2.24, 2.45) is 0 Å². The van der Waals surface area contributed by atoms with E-state index in [1.165, 1.54) is 12.1 Å². The van der Waals surface area contributed by atoms with Crippen LogP contribution in [0.25, 0.3) is 0 Å². The van der Waals surface area contributed by atoms with Gasteiger partial charge in [-0.25, -0.2) is 4.39 Å². The molecule has 1 amide bonds. The molecule has 2 N–H and O–H groups in total. The minimum atomic E-state index is -0.883. The highest BCUT2D eigenvalue weighted by Gasteiger charge is 2.34. The molecule has 0 aliphatic carbocycles. The van der Waals surface area contributed by atoms with Gasteiger partial charge in [-0.2, -0.15) is 5.10 Å². The molecule has 1 aliphatic rings. The zero-order valence-corrected chi connectivity index (χ0v) is 14.7. The van der Waals surface area contributed by atoms with Crippen molar-refractivity contribution >= 4 is 5.91 Å². The molecule has 25 heavy (non-hydrogen) atoms. The maximum Gasteiger partial charge on any atom is 0.227 e. The van der Waals surface area contributed by atoms with Gasteiger partial charge in [-0.3, -0.25) is 9.89 Å². The number of piperidine rings is 1. The Morgan fingerprint density at radius 2 is 2.08 bits per heavy atom. The van der Waals surface area contributed by atoms with E-state index in [1.807, 2.05) is 19.9 Å². The number of carbonyl (C=O) groups is 1. The lowest BCUT2D eigenvalue weighted by Crippen LogP contribution is -2.48. The number of amides is 1. The number of halogens is 1. The van der Waals surface area contributed by atoms with Crippen molar-refractivity contribution < 1.29 is 14.3 Å². The molecule has 0 saturated carbocycles. The lowest BCUT2D eigenvalue weighted by atomic mass is 9.85. The summed E-state index contributed by atoms with van der Waals surface area (Å²) in [5, 5.41) is 17.8. The molecule has 6 heteroatoms. The van der Waals surface area contributed by atoms with Gasteiger partial charge in [0.25, 0.3) is 0 Å². The Morgan fingerprint density at radius 3 is 2.68 bits per heavy atom. The van der Waals surface area contributed by atoms with Crippen LogP contribution in [0.15, 0.2) is 24.3 Å². The SMILES string of the molecule is Cc1n[nH]c(C)c1CC(=O)N1CCC(O)(Cc2cccc(F)c2)CC1. The largest absolute Gasteiger partial charge is 0.389 e. The maximum absolute atomic E-state index is 13.3. The summed E-state index contributed by atoms with van der Waals surface area (Å²) >= 11 is 0. The van der Waals surface area contributed by atoms with E-state index >= 15 is 0 Å². The third-order valence-electron chi connectivity index (χ3n) is 5.08. The molecule has 1 aromatic heterocycles. The van der Waals surface area contributed by atoms with Crippen LogP contribution in [-0.2, 0) is 17.6 Å². The van der Waals surface area contributed by atoms with Crippen molar-refractivity contribution in [2.75, 3.05) is 13.1 Å².